The molecule has 1 aromatic heterocycles. The van der Waals surface area contributed by atoms with Crippen LogP contribution in [0.5, 0.6) is 0 Å². The molecule has 0 bridgehead atoms. The summed E-state index contributed by atoms with van der Waals surface area (Å²) >= 11 is 0. The van der Waals surface area contributed by atoms with E-state index in [1.165, 1.54) is 18.4 Å². The Morgan fingerprint density at radius 1 is 1.40 bits per heavy atom. The molecule has 0 amide bonds. The van der Waals surface area contributed by atoms with E-state index in [-0.39, 0.29) is 0 Å². The number of aromatic nitrogens is 2. The third-order valence-electron chi connectivity index (χ3n) is 2.70. The van der Waals surface area contributed by atoms with Crippen molar-refractivity contribution in [1.29, 1.82) is 0 Å². The highest BCUT2D eigenvalue weighted by molar-refractivity contribution is 5.79. The molecule has 1 aromatic carbocycles. The third kappa shape index (κ3) is 1.82. The normalized spacial score (nSPS) is 11.1. The molecule has 0 fully saturated rings. The van der Waals surface area contributed by atoms with E-state index in [0.29, 0.717) is 0 Å². The number of hydrogen-bond acceptors (Lipinski definition) is 2. The topological polar surface area (TPSA) is 43.8 Å². The predicted octanol–water partition coefficient (Wildman–Crippen LogP) is 2.73. The van der Waals surface area contributed by atoms with Gasteiger partial charge in [-0.25, -0.2) is 4.98 Å². The van der Waals surface area contributed by atoms with E-state index < -0.39 is 0 Å². The third-order valence-corrected chi connectivity index (χ3v) is 2.70. The monoisotopic (exact) mass is 203 g/mol. The number of nitrogens with two attached hydrogens (primary N) is 1. The van der Waals surface area contributed by atoms with Crippen LogP contribution in [0.3, 0.4) is 0 Å². The first-order valence-electron chi connectivity index (χ1n) is 5.44. The van der Waals surface area contributed by atoms with Crippen molar-refractivity contribution in [2.75, 3.05) is 5.73 Å². The second kappa shape index (κ2) is 3.93. The molecule has 80 valence electrons. The van der Waals surface area contributed by atoms with E-state index in [9.17, 15) is 0 Å². The van der Waals surface area contributed by atoms with E-state index in [2.05, 4.69) is 22.5 Å². The first-order valence-corrected chi connectivity index (χ1v) is 5.44. The van der Waals surface area contributed by atoms with Gasteiger partial charge in [0.1, 0.15) is 5.82 Å². The number of imidazole rings is 1. The lowest BCUT2D eigenvalue weighted by atomic mass is 10.2. The van der Waals surface area contributed by atoms with Crippen LogP contribution in [0.15, 0.2) is 18.2 Å². The van der Waals surface area contributed by atoms with Gasteiger partial charge in [-0.05, 0) is 31.5 Å². The zero-order valence-electron chi connectivity index (χ0n) is 9.33. The average Bonchev–Trinajstić information content (AvgIpc) is 2.50. The first kappa shape index (κ1) is 10.0. The molecular weight excluding hydrogens is 186 g/mol. The van der Waals surface area contributed by atoms with E-state index in [1.807, 2.05) is 19.1 Å². The highest BCUT2D eigenvalue weighted by atomic mass is 15.1. The maximum absolute atomic E-state index is 5.73. The van der Waals surface area contributed by atoms with Crippen LogP contribution in [0.25, 0.3) is 11.0 Å². The highest BCUT2D eigenvalue weighted by Crippen LogP contribution is 2.19. The summed E-state index contributed by atoms with van der Waals surface area (Å²) in [4.78, 5) is 4.51. The van der Waals surface area contributed by atoms with Crippen LogP contribution in [0.4, 0.5) is 5.69 Å². The Balaban J connectivity index is 2.48. The maximum Gasteiger partial charge on any atom is 0.106 e. The Morgan fingerprint density at radius 2 is 2.20 bits per heavy atom. The van der Waals surface area contributed by atoms with E-state index in [4.69, 9.17) is 5.73 Å². The molecule has 0 saturated carbocycles. The van der Waals surface area contributed by atoms with Gasteiger partial charge in [0.2, 0.25) is 0 Å². The molecule has 0 saturated heterocycles. The summed E-state index contributed by atoms with van der Waals surface area (Å²) in [6, 6.07) is 5.93. The van der Waals surface area contributed by atoms with Crippen LogP contribution in [-0.4, -0.2) is 9.55 Å². The van der Waals surface area contributed by atoms with Crippen molar-refractivity contribution in [2.24, 2.45) is 0 Å². The van der Waals surface area contributed by atoms with Crippen LogP contribution < -0.4 is 5.73 Å². The number of aryl methyl sites for hydroxylation is 2. The molecule has 0 atom stereocenters. The summed E-state index contributed by atoms with van der Waals surface area (Å²) in [6.45, 7) is 5.29. The minimum absolute atomic E-state index is 0.780. The number of nitrogens with zero attached hydrogens (tertiary/aromatic N) is 2. The van der Waals surface area contributed by atoms with E-state index in [1.54, 1.807) is 0 Å². The lowest BCUT2D eigenvalue weighted by Gasteiger charge is -2.05. The zero-order chi connectivity index (χ0) is 10.8. The smallest absolute Gasteiger partial charge is 0.106 e. The van der Waals surface area contributed by atoms with E-state index in [0.717, 1.165) is 23.6 Å². The van der Waals surface area contributed by atoms with Crippen molar-refractivity contribution in [3.05, 3.63) is 24.0 Å². The van der Waals surface area contributed by atoms with Crippen molar-refractivity contribution in [1.82, 2.24) is 9.55 Å². The van der Waals surface area contributed by atoms with Crippen LogP contribution >= 0.6 is 0 Å². The van der Waals surface area contributed by atoms with Crippen LogP contribution in [0.1, 0.15) is 25.6 Å². The minimum atomic E-state index is 0.780. The van der Waals surface area contributed by atoms with Crippen molar-refractivity contribution in [2.45, 2.75) is 33.2 Å². The summed E-state index contributed by atoms with van der Waals surface area (Å²) in [5, 5.41) is 0. The number of fused-ring (bicyclic) bond motifs is 1. The number of rotatable bonds is 3. The maximum atomic E-state index is 5.73. The molecule has 0 aliphatic rings. The van der Waals surface area contributed by atoms with Gasteiger partial charge in [0.25, 0.3) is 0 Å². The lowest BCUT2D eigenvalue weighted by molar-refractivity contribution is 0.631. The van der Waals surface area contributed by atoms with Gasteiger partial charge in [-0.3, -0.25) is 0 Å². The SMILES string of the molecule is CCCCn1c(C)nc2cc(N)ccc21. The molecule has 1 heterocycles. The Labute approximate surface area is 89.9 Å². The number of benzene rings is 1. The predicted molar refractivity (Wildman–Crippen MR) is 63.8 cm³/mol. The highest BCUT2D eigenvalue weighted by Gasteiger charge is 2.06. The van der Waals surface area contributed by atoms with E-state index >= 15 is 0 Å². The average molecular weight is 203 g/mol. The minimum Gasteiger partial charge on any atom is -0.399 e. The van der Waals surface area contributed by atoms with Crippen molar-refractivity contribution in [3.63, 3.8) is 0 Å². The van der Waals surface area contributed by atoms with Crippen molar-refractivity contribution in [3.8, 4) is 0 Å². The zero-order valence-corrected chi connectivity index (χ0v) is 9.33. The molecule has 2 aromatic rings. The Morgan fingerprint density at radius 3 is 2.93 bits per heavy atom. The van der Waals surface area contributed by atoms with Gasteiger partial charge in [-0.2, -0.15) is 0 Å². The molecule has 0 aliphatic carbocycles. The van der Waals surface area contributed by atoms with Crippen LogP contribution in [0, 0.1) is 6.92 Å². The molecule has 15 heavy (non-hydrogen) atoms. The fourth-order valence-electron chi connectivity index (χ4n) is 1.87. The second-order valence-electron chi connectivity index (χ2n) is 3.91. The van der Waals surface area contributed by atoms with Gasteiger partial charge >= 0.3 is 0 Å². The quantitative estimate of drug-likeness (QED) is 0.779. The molecule has 0 spiro atoms. The summed E-state index contributed by atoms with van der Waals surface area (Å²) in [5.74, 6) is 1.07. The number of anilines is 1. The molecule has 0 aliphatic heterocycles. The molecule has 3 heteroatoms. The fraction of sp³-hybridized carbons (Fsp3) is 0.417. The number of hydrogen-bond donors (Lipinski definition) is 1. The van der Waals surface area contributed by atoms with Crippen LogP contribution in [-0.2, 0) is 6.54 Å². The van der Waals surface area contributed by atoms with Gasteiger partial charge in [0, 0.05) is 12.2 Å². The van der Waals surface area contributed by atoms with Gasteiger partial charge in [-0.15, -0.1) is 0 Å². The Bertz CT molecular complexity index is 471. The standard InChI is InChI=1S/C12H17N3/c1-3-4-7-15-9(2)14-11-8-10(13)5-6-12(11)15/h5-6,8H,3-4,7,13H2,1-2H3. The molecule has 0 radical (unpaired) electrons. The van der Waals surface area contributed by atoms with Crippen molar-refractivity contribution < 1.29 is 0 Å². The molecular formula is C12H17N3. The lowest BCUT2D eigenvalue weighted by Crippen LogP contribution is -1.99. The molecule has 0 unspecified atom stereocenters. The summed E-state index contributed by atoms with van der Waals surface area (Å²) < 4.78 is 2.26. The number of nitrogen functional groups attached to an aromatic ring is 1. The van der Waals surface area contributed by atoms with Gasteiger partial charge in [0.15, 0.2) is 0 Å². The summed E-state index contributed by atoms with van der Waals surface area (Å²) in [5.41, 5.74) is 8.71. The first-order chi connectivity index (χ1) is 7.22. The summed E-state index contributed by atoms with van der Waals surface area (Å²) in [7, 11) is 0. The second-order valence-corrected chi connectivity index (χ2v) is 3.91. The van der Waals surface area contributed by atoms with Gasteiger partial charge in [-0.1, -0.05) is 13.3 Å². The largest absolute Gasteiger partial charge is 0.399 e. The molecule has 2 rings (SSSR count). The Hall–Kier alpha value is -1.51. The van der Waals surface area contributed by atoms with Gasteiger partial charge < -0.3 is 10.3 Å². The number of unbranched alkanes of at least 4 members (excludes halogenated alkanes) is 1. The molecule has 2 N–H and O–H groups in total. The molecule has 3 nitrogen and oxygen atoms in total. The fourth-order valence-corrected chi connectivity index (χ4v) is 1.87. The van der Waals surface area contributed by atoms with Crippen LogP contribution in [0.2, 0.25) is 0 Å². The van der Waals surface area contributed by atoms with Gasteiger partial charge in [0.05, 0.1) is 11.0 Å². The summed E-state index contributed by atoms with van der Waals surface area (Å²) in [6.07, 6.45) is 2.39. The Kier molecular flexibility index (Phi) is 2.62. The van der Waals surface area contributed by atoms with Crippen molar-refractivity contribution >= 4 is 16.7 Å².